The first-order valence-corrected chi connectivity index (χ1v) is 5.83. The van der Waals surface area contributed by atoms with Crippen LogP contribution >= 0.6 is 0 Å². The van der Waals surface area contributed by atoms with Gasteiger partial charge in [0.15, 0.2) is 0 Å². The second-order valence-corrected chi connectivity index (χ2v) is 4.39. The molecule has 0 aliphatic rings. The summed E-state index contributed by atoms with van der Waals surface area (Å²) in [5.74, 6) is 3.53. The van der Waals surface area contributed by atoms with E-state index in [1.165, 1.54) is 5.56 Å². The molecule has 0 saturated heterocycles. The minimum absolute atomic E-state index is 0.342. The van der Waals surface area contributed by atoms with Crippen molar-refractivity contribution in [1.29, 1.82) is 0 Å². The maximum Gasteiger partial charge on any atom is 0.116 e. The standard InChI is InChI=1S/C15H20O/c1-5-7-13(8-6-2)15-11(3)9-14(16)10-12(15)4/h1,9-10,13,16H,6-8H2,2-4H3. The van der Waals surface area contributed by atoms with Crippen LogP contribution in [0.5, 0.6) is 5.75 Å². The summed E-state index contributed by atoms with van der Waals surface area (Å²) in [6.07, 6.45) is 8.44. The van der Waals surface area contributed by atoms with Gasteiger partial charge in [0.1, 0.15) is 5.75 Å². The monoisotopic (exact) mass is 216 g/mol. The van der Waals surface area contributed by atoms with Crippen LogP contribution in [0, 0.1) is 26.2 Å². The second kappa shape index (κ2) is 5.61. The van der Waals surface area contributed by atoms with E-state index in [0.717, 1.165) is 30.4 Å². The minimum Gasteiger partial charge on any atom is -0.508 e. The first-order chi connectivity index (χ1) is 7.60. The topological polar surface area (TPSA) is 20.2 Å². The molecule has 1 atom stereocenters. The van der Waals surface area contributed by atoms with Crippen LogP contribution < -0.4 is 0 Å². The summed E-state index contributed by atoms with van der Waals surface area (Å²) in [7, 11) is 0. The Bertz CT molecular complexity index is 375. The van der Waals surface area contributed by atoms with Gasteiger partial charge in [0.2, 0.25) is 0 Å². The fourth-order valence-corrected chi connectivity index (χ4v) is 2.43. The summed E-state index contributed by atoms with van der Waals surface area (Å²) in [6, 6.07) is 3.64. The van der Waals surface area contributed by atoms with Crippen LogP contribution in [0.1, 0.15) is 48.8 Å². The number of hydrogen-bond donors (Lipinski definition) is 1. The lowest BCUT2D eigenvalue weighted by molar-refractivity contribution is 0.473. The average molecular weight is 216 g/mol. The molecule has 0 aliphatic carbocycles. The van der Waals surface area contributed by atoms with E-state index in [4.69, 9.17) is 6.42 Å². The van der Waals surface area contributed by atoms with Gasteiger partial charge in [0, 0.05) is 6.42 Å². The Morgan fingerprint density at radius 2 is 1.88 bits per heavy atom. The molecule has 1 nitrogen and oxygen atoms in total. The molecule has 0 aliphatic heterocycles. The highest BCUT2D eigenvalue weighted by molar-refractivity contribution is 5.42. The highest BCUT2D eigenvalue weighted by atomic mass is 16.3. The summed E-state index contributed by atoms with van der Waals surface area (Å²) in [4.78, 5) is 0. The predicted octanol–water partition coefficient (Wildman–Crippen LogP) is 3.92. The van der Waals surface area contributed by atoms with Crippen molar-refractivity contribution in [3.63, 3.8) is 0 Å². The molecule has 0 radical (unpaired) electrons. The molecule has 0 heterocycles. The maximum absolute atomic E-state index is 9.52. The van der Waals surface area contributed by atoms with Gasteiger partial charge in [-0.15, -0.1) is 12.3 Å². The van der Waals surface area contributed by atoms with E-state index in [1.54, 1.807) is 0 Å². The number of benzene rings is 1. The molecular weight excluding hydrogens is 196 g/mol. The first kappa shape index (κ1) is 12.6. The van der Waals surface area contributed by atoms with Gasteiger partial charge in [0.05, 0.1) is 0 Å². The molecule has 1 N–H and O–H groups in total. The molecule has 1 rings (SSSR count). The molecule has 0 aromatic heterocycles. The molecule has 0 saturated carbocycles. The lowest BCUT2D eigenvalue weighted by atomic mass is 9.85. The average Bonchev–Trinajstić information content (AvgIpc) is 2.16. The van der Waals surface area contributed by atoms with E-state index >= 15 is 0 Å². The molecule has 1 aromatic carbocycles. The van der Waals surface area contributed by atoms with Crippen molar-refractivity contribution < 1.29 is 5.11 Å². The molecule has 0 amide bonds. The van der Waals surface area contributed by atoms with E-state index in [-0.39, 0.29) is 0 Å². The summed E-state index contributed by atoms with van der Waals surface area (Å²) in [5, 5.41) is 9.52. The Balaban J connectivity index is 3.13. The molecule has 0 fully saturated rings. The van der Waals surface area contributed by atoms with Crippen molar-refractivity contribution in [1.82, 2.24) is 0 Å². The minimum atomic E-state index is 0.342. The van der Waals surface area contributed by atoms with E-state index < -0.39 is 0 Å². The smallest absolute Gasteiger partial charge is 0.116 e. The first-order valence-electron chi connectivity index (χ1n) is 5.83. The Kier molecular flexibility index (Phi) is 4.43. The van der Waals surface area contributed by atoms with Gasteiger partial charge in [-0.25, -0.2) is 0 Å². The van der Waals surface area contributed by atoms with E-state index in [0.29, 0.717) is 11.7 Å². The van der Waals surface area contributed by atoms with Crippen molar-refractivity contribution in [2.45, 2.75) is 46.0 Å². The zero-order valence-electron chi connectivity index (χ0n) is 10.4. The Morgan fingerprint density at radius 3 is 2.31 bits per heavy atom. The van der Waals surface area contributed by atoms with Gasteiger partial charge in [-0.1, -0.05) is 13.3 Å². The molecule has 16 heavy (non-hydrogen) atoms. The Hall–Kier alpha value is -1.42. The lowest BCUT2D eigenvalue weighted by Crippen LogP contribution is -2.03. The third kappa shape index (κ3) is 2.79. The normalized spacial score (nSPS) is 12.1. The third-order valence-electron chi connectivity index (χ3n) is 2.99. The molecule has 1 aromatic rings. The second-order valence-electron chi connectivity index (χ2n) is 4.39. The zero-order chi connectivity index (χ0) is 12.1. The number of hydrogen-bond acceptors (Lipinski definition) is 1. The summed E-state index contributed by atoms with van der Waals surface area (Å²) >= 11 is 0. The quantitative estimate of drug-likeness (QED) is 0.756. The van der Waals surface area contributed by atoms with Gasteiger partial charge >= 0.3 is 0 Å². The SMILES string of the molecule is C#CCC(CCC)c1c(C)cc(O)cc1C. The van der Waals surface area contributed by atoms with Crippen LogP contribution in [0.3, 0.4) is 0 Å². The van der Waals surface area contributed by atoms with Crippen LogP contribution in [0.25, 0.3) is 0 Å². The highest BCUT2D eigenvalue weighted by Gasteiger charge is 2.15. The van der Waals surface area contributed by atoms with Crippen LogP contribution in [-0.4, -0.2) is 5.11 Å². The summed E-state index contributed by atoms with van der Waals surface area (Å²) < 4.78 is 0. The van der Waals surface area contributed by atoms with Crippen LogP contribution in [-0.2, 0) is 0 Å². The van der Waals surface area contributed by atoms with Gasteiger partial charge in [-0.05, 0) is 55.0 Å². The van der Waals surface area contributed by atoms with Crippen molar-refractivity contribution >= 4 is 0 Å². The predicted molar refractivity (Wildman–Crippen MR) is 68.7 cm³/mol. The maximum atomic E-state index is 9.52. The Morgan fingerprint density at radius 1 is 1.31 bits per heavy atom. The molecule has 1 unspecified atom stereocenters. The van der Waals surface area contributed by atoms with E-state index in [2.05, 4.69) is 12.8 Å². The van der Waals surface area contributed by atoms with Crippen molar-refractivity contribution in [2.24, 2.45) is 0 Å². The molecule has 1 heteroatoms. The van der Waals surface area contributed by atoms with E-state index in [9.17, 15) is 5.11 Å². The van der Waals surface area contributed by atoms with Gasteiger partial charge in [-0.2, -0.15) is 0 Å². The molecule has 86 valence electrons. The highest BCUT2D eigenvalue weighted by Crippen LogP contribution is 2.32. The van der Waals surface area contributed by atoms with E-state index in [1.807, 2.05) is 26.0 Å². The number of aryl methyl sites for hydroxylation is 2. The number of phenolic OH excluding ortho intramolecular Hbond substituents is 1. The van der Waals surface area contributed by atoms with Crippen LogP contribution in [0.4, 0.5) is 0 Å². The fraction of sp³-hybridized carbons (Fsp3) is 0.467. The van der Waals surface area contributed by atoms with Crippen LogP contribution in [0.15, 0.2) is 12.1 Å². The van der Waals surface area contributed by atoms with Gasteiger partial charge in [0.25, 0.3) is 0 Å². The zero-order valence-corrected chi connectivity index (χ0v) is 10.4. The summed E-state index contributed by atoms with van der Waals surface area (Å²) in [6.45, 7) is 6.26. The van der Waals surface area contributed by atoms with Crippen molar-refractivity contribution in [2.75, 3.05) is 0 Å². The summed E-state index contributed by atoms with van der Waals surface area (Å²) in [5.41, 5.74) is 3.61. The Labute approximate surface area is 98.5 Å². The third-order valence-corrected chi connectivity index (χ3v) is 2.99. The van der Waals surface area contributed by atoms with Crippen molar-refractivity contribution in [3.8, 4) is 18.1 Å². The van der Waals surface area contributed by atoms with Crippen molar-refractivity contribution in [3.05, 3.63) is 28.8 Å². The van der Waals surface area contributed by atoms with Crippen LogP contribution in [0.2, 0.25) is 0 Å². The molecule has 0 spiro atoms. The number of aromatic hydroxyl groups is 1. The largest absolute Gasteiger partial charge is 0.508 e. The number of phenols is 1. The van der Waals surface area contributed by atoms with Gasteiger partial charge < -0.3 is 5.11 Å². The van der Waals surface area contributed by atoms with Gasteiger partial charge in [-0.3, -0.25) is 0 Å². The molecule has 0 bridgehead atoms. The lowest BCUT2D eigenvalue weighted by Gasteiger charge is -2.19. The number of rotatable bonds is 4. The molecular formula is C15H20O. The number of terminal acetylenes is 1. The fourth-order valence-electron chi connectivity index (χ4n) is 2.43.